The van der Waals surface area contributed by atoms with Gasteiger partial charge in [-0.15, -0.1) is 0 Å². The van der Waals surface area contributed by atoms with E-state index in [4.69, 9.17) is 36.5 Å². The van der Waals surface area contributed by atoms with E-state index in [2.05, 4.69) is 19.6 Å². The summed E-state index contributed by atoms with van der Waals surface area (Å²) in [7, 11) is 0.0917. The molecule has 0 bridgehead atoms. The third-order valence-electron chi connectivity index (χ3n) is 8.37. The van der Waals surface area contributed by atoms with Crippen LogP contribution >= 0.6 is 0 Å². The minimum atomic E-state index is -2.50. The fourth-order valence-corrected chi connectivity index (χ4v) is 10.7. The highest BCUT2D eigenvalue weighted by Crippen LogP contribution is 2.21. The zero-order chi connectivity index (χ0) is 31.0. The highest BCUT2D eigenvalue weighted by molar-refractivity contribution is 6.61. The number of aliphatic imine (C=N–C) groups is 2. The largest absolute Gasteiger partial charge is 0.500 e. The minimum absolute atomic E-state index is 0.649. The van der Waals surface area contributed by atoms with Crippen LogP contribution in [0, 0.1) is 0 Å². The molecule has 0 amide bonds. The van der Waals surface area contributed by atoms with Crippen LogP contribution in [-0.2, 0) is 26.6 Å². The maximum absolute atomic E-state index is 5.94. The Kier molecular flexibility index (Phi) is 16.2. The van der Waals surface area contributed by atoms with Crippen molar-refractivity contribution < 1.29 is 26.6 Å². The molecule has 4 aliphatic heterocycles. The van der Waals surface area contributed by atoms with E-state index in [0.717, 1.165) is 90.4 Å². The van der Waals surface area contributed by atoms with Crippen molar-refractivity contribution in [3.8, 4) is 0 Å². The molecule has 0 spiro atoms. The van der Waals surface area contributed by atoms with Gasteiger partial charge in [0.05, 0.1) is 0 Å². The second-order valence-electron chi connectivity index (χ2n) is 11.2. The summed E-state index contributed by atoms with van der Waals surface area (Å²) in [5.41, 5.74) is 0. The van der Waals surface area contributed by atoms with Crippen molar-refractivity contribution in [2.75, 3.05) is 107 Å². The van der Waals surface area contributed by atoms with Gasteiger partial charge in [-0.05, 0) is 59.3 Å². The molecule has 0 aromatic rings. The summed E-state index contributed by atoms with van der Waals surface area (Å²) in [6.07, 6.45) is 6.86. The molecule has 250 valence electrons. The highest BCUT2D eigenvalue weighted by atomic mass is 28.4. The molecule has 2 saturated heterocycles. The molecular formula is C29H60N6O6Si2. The van der Waals surface area contributed by atoms with Gasteiger partial charge in [-0.25, -0.2) is 0 Å². The average Bonchev–Trinajstić information content (AvgIpc) is 3.04. The summed E-state index contributed by atoms with van der Waals surface area (Å²) in [4.78, 5) is 19.1. The van der Waals surface area contributed by atoms with Gasteiger partial charge < -0.3 is 46.2 Å². The third kappa shape index (κ3) is 10.7. The van der Waals surface area contributed by atoms with Crippen molar-refractivity contribution in [3.05, 3.63) is 0 Å². The van der Waals surface area contributed by atoms with Gasteiger partial charge >= 0.3 is 17.6 Å². The van der Waals surface area contributed by atoms with Crippen molar-refractivity contribution in [1.82, 2.24) is 19.6 Å². The molecule has 0 saturated carbocycles. The standard InChI is InChI=1S/C16H33N3O3Si.C13H27N3O3Si/c1-4-20-23(21-5-2,22-6-3)15-9-14-19-13-8-12-18-11-7-10-17-16(18)19;1-17-20(18-2,19-3)12-6-11-16-10-5-9-15-8-4-7-14-13(15)16/h4-15H2,1-3H3;4-12H2,1-3H3. The predicted molar refractivity (Wildman–Crippen MR) is 176 cm³/mol. The third-order valence-corrected chi connectivity index (χ3v) is 14.4. The molecule has 0 N–H and O–H groups in total. The Labute approximate surface area is 263 Å². The van der Waals surface area contributed by atoms with Gasteiger partial charge in [0, 0.05) is 119 Å². The van der Waals surface area contributed by atoms with Crippen molar-refractivity contribution in [2.24, 2.45) is 9.98 Å². The van der Waals surface area contributed by atoms with E-state index >= 15 is 0 Å². The fourth-order valence-electron chi connectivity index (χ4n) is 6.36. The Morgan fingerprint density at radius 1 is 0.558 bits per heavy atom. The predicted octanol–water partition coefficient (Wildman–Crippen LogP) is 3.21. The lowest BCUT2D eigenvalue weighted by Crippen LogP contribution is -2.53. The molecule has 4 heterocycles. The molecule has 0 aliphatic carbocycles. The lowest BCUT2D eigenvalue weighted by Gasteiger charge is -2.41. The molecule has 43 heavy (non-hydrogen) atoms. The van der Waals surface area contributed by atoms with Crippen LogP contribution in [-0.4, -0.2) is 156 Å². The second-order valence-corrected chi connectivity index (χ2v) is 17.0. The molecule has 2 fully saturated rings. The van der Waals surface area contributed by atoms with Crippen molar-refractivity contribution in [1.29, 1.82) is 0 Å². The topological polar surface area (TPSA) is 93.1 Å². The molecule has 0 atom stereocenters. The minimum Gasteiger partial charge on any atom is -0.377 e. The average molecular weight is 645 g/mol. The molecule has 0 aromatic carbocycles. The van der Waals surface area contributed by atoms with E-state index < -0.39 is 17.6 Å². The zero-order valence-electron chi connectivity index (χ0n) is 28.0. The summed E-state index contributed by atoms with van der Waals surface area (Å²) in [6, 6.07) is 1.73. The van der Waals surface area contributed by atoms with E-state index in [1.807, 2.05) is 20.8 Å². The van der Waals surface area contributed by atoms with Gasteiger partial charge in [-0.1, -0.05) is 0 Å². The Morgan fingerprint density at radius 3 is 1.35 bits per heavy atom. The maximum Gasteiger partial charge on any atom is 0.500 e. The molecule has 12 nitrogen and oxygen atoms in total. The summed E-state index contributed by atoms with van der Waals surface area (Å²) < 4.78 is 34.2. The van der Waals surface area contributed by atoms with Gasteiger partial charge in [0.1, 0.15) is 0 Å². The number of rotatable bonds is 17. The van der Waals surface area contributed by atoms with Gasteiger partial charge in [0.15, 0.2) is 11.9 Å². The van der Waals surface area contributed by atoms with Crippen LogP contribution in [0.15, 0.2) is 9.98 Å². The van der Waals surface area contributed by atoms with Gasteiger partial charge in [-0.2, -0.15) is 0 Å². The van der Waals surface area contributed by atoms with Crippen LogP contribution in [0.4, 0.5) is 0 Å². The van der Waals surface area contributed by atoms with E-state index in [9.17, 15) is 0 Å². The number of hydrogen-bond donors (Lipinski definition) is 0. The number of nitrogens with zero attached hydrogens (tertiary/aromatic N) is 6. The van der Waals surface area contributed by atoms with E-state index in [1.54, 1.807) is 21.3 Å². The first kappa shape index (κ1) is 36.2. The zero-order valence-corrected chi connectivity index (χ0v) is 30.0. The summed E-state index contributed by atoms with van der Waals surface area (Å²) >= 11 is 0. The molecular weight excluding hydrogens is 585 g/mol. The fraction of sp³-hybridized carbons (Fsp3) is 0.931. The first-order valence-corrected chi connectivity index (χ1v) is 20.5. The number of hydrogen-bond acceptors (Lipinski definition) is 12. The van der Waals surface area contributed by atoms with Crippen LogP contribution in [0.1, 0.15) is 59.3 Å². The Balaban J connectivity index is 0.000000238. The van der Waals surface area contributed by atoms with Gasteiger partial charge in [-0.3, -0.25) is 9.98 Å². The first-order valence-electron chi connectivity index (χ1n) is 16.6. The van der Waals surface area contributed by atoms with Gasteiger partial charge in [0.25, 0.3) is 0 Å². The Morgan fingerprint density at radius 2 is 0.953 bits per heavy atom. The van der Waals surface area contributed by atoms with Crippen LogP contribution in [0.3, 0.4) is 0 Å². The van der Waals surface area contributed by atoms with Crippen LogP contribution in [0.5, 0.6) is 0 Å². The smallest absolute Gasteiger partial charge is 0.377 e. The molecule has 0 radical (unpaired) electrons. The molecule has 14 heteroatoms. The van der Waals surface area contributed by atoms with E-state index in [1.165, 1.54) is 37.6 Å². The van der Waals surface area contributed by atoms with Crippen LogP contribution in [0.25, 0.3) is 0 Å². The van der Waals surface area contributed by atoms with Crippen LogP contribution in [0.2, 0.25) is 12.1 Å². The molecule has 0 unspecified atom stereocenters. The van der Waals surface area contributed by atoms with Gasteiger partial charge in [0.2, 0.25) is 0 Å². The molecule has 0 aromatic heterocycles. The molecule has 4 rings (SSSR count). The Hall–Kier alpha value is -1.27. The summed E-state index contributed by atoms with van der Waals surface area (Å²) in [5.74, 6) is 2.40. The quantitative estimate of drug-likeness (QED) is 0.220. The van der Waals surface area contributed by atoms with Crippen LogP contribution < -0.4 is 0 Å². The first-order chi connectivity index (χ1) is 21.0. The maximum atomic E-state index is 5.94. The molecule has 4 aliphatic rings. The SMILES string of the molecule is CCO[Si](CCCN1CCCN2CCCN=C21)(OCC)OCC.CO[Si](CCCN1CCCN2CCCN=C21)(OC)OC. The lowest BCUT2D eigenvalue weighted by atomic mass is 10.2. The van der Waals surface area contributed by atoms with E-state index in [0.29, 0.717) is 19.8 Å². The number of fused-ring (bicyclic) bond motifs is 2. The summed E-state index contributed by atoms with van der Waals surface area (Å²) in [6.45, 7) is 18.8. The van der Waals surface area contributed by atoms with Crippen molar-refractivity contribution in [3.63, 3.8) is 0 Å². The monoisotopic (exact) mass is 644 g/mol. The number of guanidine groups is 2. The second kappa shape index (κ2) is 19.3. The highest BCUT2D eigenvalue weighted by Gasteiger charge is 2.40. The Bertz CT molecular complexity index is 827. The summed E-state index contributed by atoms with van der Waals surface area (Å²) in [5, 5.41) is 0. The normalized spacial score (nSPS) is 19.3. The lowest BCUT2D eigenvalue weighted by molar-refractivity contribution is 0.0701. The van der Waals surface area contributed by atoms with E-state index in [-0.39, 0.29) is 0 Å². The van der Waals surface area contributed by atoms with Crippen molar-refractivity contribution >= 4 is 29.5 Å². The van der Waals surface area contributed by atoms with Crippen molar-refractivity contribution in [2.45, 2.75) is 71.4 Å².